The quantitative estimate of drug-likeness (QED) is 0.449. The van der Waals surface area contributed by atoms with Crippen LogP contribution in [0.3, 0.4) is 0 Å². The number of para-hydroxylation sites is 1. The highest BCUT2D eigenvalue weighted by molar-refractivity contribution is 5.88. The van der Waals surface area contributed by atoms with Gasteiger partial charge in [0.2, 0.25) is 0 Å². The standard InChI is InChI=1S/C15H12N4O/c20-17-10-13-11-19(14-4-2-1-3-5-14)18-15(13)12-6-8-16-9-7-12/h1-11,20H/b17-10+. The predicted octanol–water partition coefficient (Wildman–Crippen LogP) is 2.74. The van der Waals surface area contributed by atoms with Crippen molar-refractivity contribution in [2.75, 3.05) is 0 Å². The lowest BCUT2D eigenvalue weighted by Crippen LogP contribution is -1.93. The van der Waals surface area contributed by atoms with Gasteiger partial charge in [-0.2, -0.15) is 5.10 Å². The van der Waals surface area contributed by atoms with Crippen molar-refractivity contribution in [3.63, 3.8) is 0 Å². The van der Waals surface area contributed by atoms with Gasteiger partial charge in [0.05, 0.1) is 11.9 Å². The summed E-state index contributed by atoms with van der Waals surface area (Å²) in [7, 11) is 0. The molecule has 3 rings (SSSR count). The van der Waals surface area contributed by atoms with Crippen molar-refractivity contribution >= 4 is 6.21 Å². The van der Waals surface area contributed by atoms with Gasteiger partial charge in [0.15, 0.2) is 0 Å². The van der Waals surface area contributed by atoms with Gasteiger partial charge in [0.1, 0.15) is 5.69 Å². The molecule has 0 unspecified atom stereocenters. The fourth-order valence-corrected chi connectivity index (χ4v) is 1.99. The van der Waals surface area contributed by atoms with Crippen LogP contribution in [0.4, 0.5) is 0 Å². The van der Waals surface area contributed by atoms with Gasteiger partial charge in [-0.3, -0.25) is 4.98 Å². The highest BCUT2D eigenvalue weighted by Gasteiger charge is 2.10. The number of hydrogen-bond donors (Lipinski definition) is 1. The zero-order valence-electron chi connectivity index (χ0n) is 10.6. The van der Waals surface area contributed by atoms with Crippen molar-refractivity contribution in [3.05, 3.63) is 66.6 Å². The monoisotopic (exact) mass is 264 g/mol. The summed E-state index contributed by atoms with van der Waals surface area (Å²) in [6.45, 7) is 0. The van der Waals surface area contributed by atoms with Crippen LogP contribution in [-0.4, -0.2) is 26.2 Å². The molecular formula is C15H12N4O. The summed E-state index contributed by atoms with van der Waals surface area (Å²) in [5.41, 5.74) is 3.35. The van der Waals surface area contributed by atoms with Crippen LogP contribution in [-0.2, 0) is 0 Å². The van der Waals surface area contributed by atoms with Gasteiger partial charge >= 0.3 is 0 Å². The molecule has 0 spiro atoms. The van der Waals surface area contributed by atoms with Crippen LogP contribution in [0.15, 0.2) is 66.2 Å². The largest absolute Gasteiger partial charge is 0.411 e. The fourth-order valence-electron chi connectivity index (χ4n) is 1.99. The Morgan fingerprint density at radius 1 is 1.05 bits per heavy atom. The van der Waals surface area contributed by atoms with Gasteiger partial charge in [-0.05, 0) is 24.3 Å². The molecule has 1 N–H and O–H groups in total. The third kappa shape index (κ3) is 2.29. The molecule has 0 aliphatic heterocycles. The molecule has 0 aliphatic carbocycles. The van der Waals surface area contributed by atoms with E-state index >= 15 is 0 Å². The number of rotatable bonds is 3. The lowest BCUT2D eigenvalue weighted by molar-refractivity contribution is 0.322. The molecule has 0 aliphatic rings. The smallest absolute Gasteiger partial charge is 0.102 e. The molecule has 5 nitrogen and oxygen atoms in total. The van der Waals surface area contributed by atoms with Crippen LogP contribution in [0.25, 0.3) is 16.9 Å². The first kappa shape index (κ1) is 12.1. The Bertz CT molecular complexity index is 720. The first-order valence-corrected chi connectivity index (χ1v) is 6.11. The Kier molecular flexibility index (Phi) is 3.24. The molecule has 0 fully saturated rings. The van der Waals surface area contributed by atoms with Gasteiger partial charge in [0, 0.05) is 29.7 Å². The minimum Gasteiger partial charge on any atom is -0.411 e. The van der Waals surface area contributed by atoms with E-state index in [0.717, 1.165) is 22.5 Å². The maximum atomic E-state index is 8.79. The molecule has 20 heavy (non-hydrogen) atoms. The minimum absolute atomic E-state index is 0.738. The average molecular weight is 264 g/mol. The first-order chi connectivity index (χ1) is 9.88. The zero-order chi connectivity index (χ0) is 13.8. The Hall–Kier alpha value is -2.95. The summed E-state index contributed by atoms with van der Waals surface area (Å²) < 4.78 is 1.76. The third-order valence-electron chi connectivity index (χ3n) is 2.91. The molecule has 0 atom stereocenters. The van der Waals surface area contributed by atoms with Crippen LogP contribution < -0.4 is 0 Å². The number of hydrogen-bond acceptors (Lipinski definition) is 4. The summed E-state index contributed by atoms with van der Waals surface area (Å²) in [6, 6.07) is 13.5. The molecule has 3 aromatic rings. The van der Waals surface area contributed by atoms with Crippen molar-refractivity contribution in [3.8, 4) is 16.9 Å². The second-order valence-corrected chi connectivity index (χ2v) is 4.19. The highest BCUT2D eigenvalue weighted by atomic mass is 16.4. The summed E-state index contributed by atoms with van der Waals surface area (Å²) in [5, 5.41) is 16.5. The van der Waals surface area contributed by atoms with E-state index in [1.165, 1.54) is 6.21 Å². The number of nitrogens with zero attached hydrogens (tertiary/aromatic N) is 4. The fraction of sp³-hybridized carbons (Fsp3) is 0. The average Bonchev–Trinajstić information content (AvgIpc) is 2.94. The second-order valence-electron chi connectivity index (χ2n) is 4.19. The minimum atomic E-state index is 0.738. The van der Waals surface area contributed by atoms with E-state index in [1.807, 2.05) is 48.7 Å². The lowest BCUT2D eigenvalue weighted by atomic mass is 10.1. The van der Waals surface area contributed by atoms with Gasteiger partial charge < -0.3 is 5.21 Å². The van der Waals surface area contributed by atoms with E-state index in [0.29, 0.717) is 0 Å². The van der Waals surface area contributed by atoms with E-state index < -0.39 is 0 Å². The zero-order valence-corrected chi connectivity index (χ0v) is 10.6. The summed E-state index contributed by atoms with van der Waals surface area (Å²) >= 11 is 0. The van der Waals surface area contributed by atoms with E-state index in [-0.39, 0.29) is 0 Å². The van der Waals surface area contributed by atoms with E-state index in [4.69, 9.17) is 5.21 Å². The van der Waals surface area contributed by atoms with Crippen molar-refractivity contribution in [1.82, 2.24) is 14.8 Å². The van der Waals surface area contributed by atoms with Crippen molar-refractivity contribution in [1.29, 1.82) is 0 Å². The van der Waals surface area contributed by atoms with Crippen LogP contribution in [0.1, 0.15) is 5.56 Å². The molecule has 0 radical (unpaired) electrons. The first-order valence-electron chi connectivity index (χ1n) is 6.11. The van der Waals surface area contributed by atoms with Crippen LogP contribution in [0, 0.1) is 0 Å². The van der Waals surface area contributed by atoms with E-state index in [9.17, 15) is 0 Å². The molecule has 1 aromatic carbocycles. The van der Waals surface area contributed by atoms with E-state index in [2.05, 4.69) is 15.2 Å². The van der Waals surface area contributed by atoms with Crippen LogP contribution in [0.5, 0.6) is 0 Å². The maximum Gasteiger partial charge on any atom is 0.102 e. The summed E-state index contributed by atoms with van der Waals surface area (Å²) in [5.74, 6) is 0. The van der Waals surface area contributed by atoms with Gasteiger partial charge in [0.25, 0.3) is 0 Å². The van der Waals surface area contributed by atoms with E-state index in [1.54, 1.807) is 17.1 Å². The topological polar surface area (TPSA) is 63.3 Å². The normalized spacial score (nSPS) is 11.0. The molecule has 0 saturated heterocycles. The molecular weight excluding hydrogens is 252 g/mol. The number of benzene rings is 1. The molecule has 2 heterocycles. The Balaban J connectivity index is 2.13. The van der Waals surface area contributed by atoms with Gasteiger partial charge in [-0.15, -0.1) is 0 Å². The van der Waals surface area contributed by atoms with Crippen molar-refractivity contribution < 1.29 is 5.21 Å². The molecule has 2 aromatic heterocycles. The SMILES string of the molecule is O/N=C/c1cn(-c2ccccc2)nc1-c1ccncc1. The number of oxime groups is 1. The summed E-state index contributed by atoms with van der Waals surface area (Å²) in [6.07, 6.45) is 6.61. The maximum absolute atomic E-state index is 8.79. The molecule has 0 saturated carbocycles. The van der Waals surface area contributed by atoms with Gasteiger partial charge in [-0.1, -0.05) is 23.4 Å². The van der Waals surface area contributed by atoms with Crippen LogP contribution in [0.2, 0.25) is 0 Å². The number of pyridine rings is 1. The predicted molar refractivity (Wildman–Crippen MR) is 76.2 cm³/mol. The summed E-state index contributed by atoms with van der Waals surface area (Å²) in [4.78, 5) is 3.99. The molecule has 0 bridgehead atoms. The second kappa shape index (κ2) is 5.36. The van der Waals surface area contributed by atoms with Crippen molar-refractivity contribution in [2.24, 2.45) is 5.16 Å². The molecule has 5 heteroatoms. The Morgan fingerprint density at radius 3 is 2.50 bits per heavy atom. The molecule has 98 valence electrons. The Labute approximate surface area is 115 Å². The van der Waals surface area contributed by atoms with Gasteiger partial charge in [-0.25, -0.2) is 4.68 Å². The molecule has 0 amide bonds. The lowest BCUT2D eigenvalue weighted by Gasteiger charge is -1.99. The number of aromatic nitrogens is 3. The Morgan fingerprint density at radius 2 is 1.80 bits per heavy atom. The third-order valence-corrected chi connectivity index (χ3v) is 2.91. The van der Waals surface area contributed by atoms with Crippen LogP contribution >= 0.6 is 0 Å². The van der Waals surface area contributed by atoms with Crippen molar-refractivity contribution in [2.45, 2.75) is 0 Å². The highest BCUT2D eigenvalue weighted by Crippen LogP contribution is 2.21.